The van der Waals surface area contributed by atoms with Crippen LogP contribution in [0.5, 0.6) is 0 Å². The van der Waals surface area contributed by atoms with Gasteiger partial charge >= 0.3 is 0 Å². The van der Waals surface area contributed by atoms with E-state index in [4.69, 9.17) is 4.74 Å². The molecule has 1 atom stereocenters. The number of amides is 1. The largest absolute Gasteiger partial charge is 0.369 e. The van der Waals surface area contributed by atoms with Gasteiger partial charge in [0.1, 0.15) is 5.60 Å². The second-order valence-electron chi connectivity index (χ2n) is 3.87. The van der Waals surface area contributed by atoms with Gasteiger partial charge in [-0.25, -0.2) is 0 Å². The number of hydrogen-bond donors (Lipinski definition) is 2. The van der Waals surface area contributed by atoms with Crippen molar-refractivity contribution in [3.05, 3.63) is 11.8 Å². The van der Waals surface area contributed by atoms with E-state index < -0.39 is 5.60 Å². The number of aromatic amines is 1. The number of H-pyrrole nitrogens is 1. The van der Waals surface area contributed by atoms with Crippen LogP contribution in [-0.4, -0.2) is 28.8 Å². The van der Waals surface area contributed by atoms with Crippen molar-refractivity contribution in [2.45, 2.75) is 39.2 Å². The minimum atomic E-state index is -0.800. The van der Waals surface area contributed by atoms with Crippen molar-refractivity contribution in [2.24, 2.45) is 0 Å². The van der Waals surface area contributed by atoms with Crippen molar-refractivity contribution in [3.8, 4) is 0 Å². The highest BCUT2D eigenvalue weighted by Gasteiger charge is 2.31. The van der Waals surface area contributed by atoms with E-state index in [0.29, 0.717) is 12.2 Å². The summed E-state index contributed by atoms with van der Waals surface area (Å²) in [6.07, 6.45) is 1.47. The molecule has 0 radical (unpaired) electrons. The van der Waals surface area contributed by atoms with E-state index >= 15 is 0 Å². The van der Waals surface area contributed by atoms with Gasteiger partial charge < -0.3 is 10.1 Å². The van der Waals surface area contributed by atoms with Crippen LogP contribution in [0.3, 0.4) is 0 Å². The molecule has 0 saturated heterocycles. The minimum Gasteiger partial charge on any atom is -0.369 e. The predicted octanol–water partition coefficient (Wildman–Crippen LogP) is 1.73. The maximum Gasteiger partial charge on any atom is 0.257 e. The third-order valence-corrected chi connectivity index (χ3v) is 2.86. The smallest absolute Gasteiger partial charge is 0.257 e. The molecule has 0 fully saturated rings. The number of rotatable bonds is 5. The number of nitrogens with zero attached hydrogens (tertiary/aromatic N) is 1. The molecule has 16 heavy (non-hydrogen) atoms. The van der Waals surface area contributed by atoms with Crippen LogP contribution in [0, 0.1) is 0 Å². The number of carbonyl (C=O) groups excluding carboxylic acids is 1. The number of nitrogens with one attached hydrogen (secondary N) is 2. The lowest BCUT2D eigenvalue weighted by atomic mass is 10.0. The SMILES string of the molecule is CCc1cc(NC(=O)C(C)(CC)OC)n[nH]1. The Morgan fingerprint density at radius 2 is 2.31 bits per heavy atom. The van der Waals surface area contributed by atoms with Gasteiger partial charge in [0, 0.05) is 18.9 Å². The molecule has 1 amide bonds. The van der Waals surface area contributed by atoms with Crippen LogP contribution >= 0.6 is 0 Å². The van der Waals surface area contributed by atoms with Crippen LogP contribution in [0.4, 0.5) is 5.82 Å². The van der Waals surface area contributed by atoms with Gasteiger partial charge in [0.2, 0.25) is 0 Å². The van der Waals surface area contributed by atoms with Gasteiger partial charge in [0.15, 0.2) is 5.82 Å². The van der Waals surface area contributed by atoms with E-state index in [9.17, 15) is 4.79 Å². The monoisotopic (exact) mass is 225 g/mol. The predicted molar refractivity (Wildman–Crippen MR) is 62.3 cm³/mol. The minimum absolute atomic E-state index is 0.174. The highest BCUT2D eigenvalue weighted by molar-refractivity contribution is 5.96. The van der Waals surface area contributed by atoms with Crippen LogP contribution in [0.1, 0.15) is 32.9 Å². The fraction of sp³-hybridized carbons (Fsp3) is 0.636. The van der Waals surface area contributed by atoms with Crippen molar-refractivity contribution in [2.75, 3.05) is 12.4 Å². The molecule has 0 aliphatic carbocycles. The third-order valence-electron chi connectivity index (χ3n) is 2.86. The topological polar surface area (TPSA) is 67.0 Å². The molecule has 1 rings (SSSR count). The molecule has 0 aliphatic rings. The van der Waals surface area contributed by atoms with E-state index in [1.54, 1.807) is 6.92 Å². The average Bonchev–Trinajstić information content (AvgIpc) is 2.75. The summed E-state index contributed by atoms with van der Waals surface area (Å²) < 4.78 is 5.20. The Morgan fingerprint density at radius 3 is 2.75 bits per heavy atom. The van der Waals surface area contributed by atoms with E-state index in [2.05, 4.69) is 15.5 Å². The molecule has 0 spiro atoms. The molecule has 1 aromatic rings. The van der Waals surface area contributed by atoms with Gasteiger partial charge in [-0.15, -0.1) is 0 Å². The fourth-order valence-corrected chi connectivity index (χ4v) is 1.25. The normalized spacial score (nSPS) is 14.5. The zero-order chi connectivity index (χ0) is 12.2. The van der Waals surface area contributed by atoms with Gasteiger partial charge in [-0.05, 0) is 19.8 Å². The van der Waals surface area contributed by atoms with Gasteiger partial charge in [-0.1, -0.05) is 13.8 Å². The average molecular weight is 225 g/mol. The summed E-state index contributed by atoms with van der Waals surface area (Å²) in [7, 11) is 1.53. The third kappa shape index (κ3) is 2.61. The zero-order valence-corrected chi connectivity index (χ0v) is 10.3. The first-order valence-electron chi connectivity index (χ1n) is 5.46. The number of methoxy groups -OCH3 is 1. The van der Waals surface area contributed by atoms with Gasteiger partial charge in [-0.3, -0.25) is 9.89 Å². The highest BCUT2D eigenvalue weighted by Crippen LogP contribution is 2.17. The molecule has 5 nitrogen and oxygen atoms in total. The molecule has 90 valence electrons. The lowest BCUT2D eigenvalue weighted by molar-refractivity contribution is -0.136. The molecular formula is C11H19N3O2. The first-order chi connectivity index (χ1) is 7.55. The van der Waals surface area contributed by atoms with Crippen LogP contribution in [0.2, 0.25) is 0 Å². The van der Waals surface area contributed by atoms with Gasteiger partial charge in [-0.2, -0.15) is 5.10 Å². The zero-order valence-electron chi connectivity index (χ0n) is 10.3. The summed E-state index contributed by atoms with van der Waals surface area (Å²) >= 11 is 0. The molecule has 2 N–H and O–H groups in total. The standard InChI is InChI=1S/C11H19N3O2/c1-5-8-7-9(14-13-8)12-10(15)11(3,6-2)16-4/h7H,5-6H2,1-4H3,(H2,12,13,14,15). The molecule has 0 aromatic carbocycles. The van der Waals surface area contributed by atoms with E-state index in [-0.39, 0.29) is 5.91 Å². The second kappa shape index (κ2) is 5.12. The Hall–Kier alpha value is -1.36. The Balaban J connectivity index is 2.70. The van der Waals surface area contributed by atoms with Crippen molar-refractivity contribution < 1.29 is 9.53 Å². The number of anilines is 1. The van der Waals surface area contributed by atoms with Crippen LogP contribution in [-0.2, 0) is 16.0 Å². The molecule has 5 heteroatoms. The second-order valence-corrected chi connectivity index (χ2v) is 3.87. The van der Waals surface area contributed by atoms with Crippen molar-refractivity contribution >= 4 is 11.7 Å². The molecule has 1 heterocycles. The summed E-state index contributed by atoms with van der Waals surface area (Å²) in [6.45, 7) is 5.69. The number of carbonyl (C=O) groups is 1. The fourth-order valence-electron chi connectivity index (χ4n) is 1.25. The van der Waals surface area contributed by atoms with Gasteiger partial charge in [0.25, 0.3) is 5.91 Å². The first-order valence-corrected chi connectivity index (χ1v) is 5.46. The van der Waals surface area contributed by atoms with Crippen LogP contribution in [0.15, 0.2) is 6.07 Å². The van der Waals surface area contributed by atoms with E-state index in [0.717, 1.165) is 12.1 Å². The van der Waals surface area contributed by atoms with Crippen LogP contribution in [0.25, 0.3) is 0 Å². The summed E-state index contributed by atoms with van der Waals surface area (Å²) in [6, 6.07) is 1.82. The lowest BCUT2D eigenvalue weighted by Gasteiger charge is -2.24. The Labute approximate surface area is 95.6 Å². The first kappa shape index (κ1) is 12.7. The maximum atomic E-state index is 11.9. The lowest BCUT2D eigenvalue weighted by Crippen LogP contribution is -2.41. The Kier molecular flexibility index (Phi) is 4.06. The molecule has 0 bridgehead atoms. The number of aromatic nitrogens is 2. The molecule has 0 saturated carbocycles. The molecule has 1 aromatic heterocycles. The number of ether oxygens (including phenoxy) is 1. The number of aryl methyl sites for hydroxylation is 1. The Bertz CT molecular complexity index is 356. The highest BCUT2D eigenvalue weighted by atomic mass is 16.5. The molecular weight excluding hydrogens is 206 g/mol. The Morgan fingerprint density at radius 1 is 1.62 bits per heavy atom. The van der Waals surface area contributed by atoms with Crippen molar-refractivity contribution in [1.82, 2.24) is 10.2 Å². The van der Waals surface area contributed by atoms with E-state index in [1.165, 1.54) is 7.11 Å². The summed E-state index contributed by atoms with van der Waals surface area (Å²) in [5.74, 6) is 0.366. The van der Waals surface area contributed by atoms with Gasteiger partial charge in [0.05, 0.1) is 0 Å². The van der Waals surface area contributed by atoms with E-state index in [1.807, 2.05) is 19.9 Å². The quantitative estimate of drug-likeness (QED) is 0.801. The molecule has 1 unspecified atom stereocenters. The number of hydrogen-bond acceptors (Lipinski definition) is 3. The van der Waals surface area contributed by atoms with Crippen LogP contribution < -0.4 is 5.32 Å². The summed E-state index contributed by atoms with van der Waals surface area (Å²) in [4.78, 5) is 11.9. The van der Waals surface area contributed by atoms with Crippen molar-refractivity contribution in [1.29, 1.82) is 0 Å². The summed E-state index contributed by atoms with van der Waals surface area (Å²) in [5.41, 5.74) is 0.191. The van der Waals surface area contributed by atoms with Crippen molar-refractivity contribution in [3.63, 3.8) is 0 Å². The molecule has 0 aliphatic heterocycles. The summed E-state index contributed by atoms with van der Waals surface area (Å²) in [5, 5.41) is 9.57. The maximum absolute atomic E-state index is 11.9.